The van der Waals surface area contributed by atoms with Crippen molar-refractivity contribution in [2.75, 3.05) is 30.4 Å². The van der Waals surface area contributed by atoms with Gasteiger partial charge in [-0.3, -0.25) is 4.79 Å². The first-order chi connectivity index (χ1) is 8.84. The summed E-state index contributed by atoms with van der Waals surface area (Å²) in [6, 6.07) is 8.18. The van der Waals surface area contributed by atoms with Gasteiger partial charge in [-0.05, 0) is 30.9 Å². The fourth-order valence-corrected chi connectivity index (χ4v) is 3.46. The second kappa shape index (κ2) is 5.33. The number of rotatable bonds is 3. The van der Waals surface area contributed by atoms with Crippen LogP contribution in [0.25, 0.3) is 0 Å². The molecule has 0 saturated carbocycles. The van der Waals surface area contributed by atoms with Gasteiger partial charge in [-0.25, -0.2) is 0 Å². The monoisotopic (exact) mass is 263 g/mol. The van der Waals surface area contributed by atoms with Gasteiger partial charge in [-0.1, -0.05) is 12.1 Å². The van der Waals surface area contributed by atoms with Crippen LogP contribution in [0, 0.1) is 5.92 Å². The number of carbonyl (C=O) groups excluding carboxylic acids is 1. The van der Waals surface area contributed by atoms with E-state index in [-0.39, 0.29) is 5.91 Å². The minimum absolute atomic E-state index is 0.234. The van der Waals surface area contributed by atoms with Crippen LogP contribution in [-0.4, -0.2) is 31.4 Å². The molecule has 1 amide bonds. The van der Waals surface area contributed by atoms with Crippen LogP contribution in [0.3, 0.4) is 0 Å². The third kappa shape index (κ3) is 2.40. The van der Waals surface area contributed by atoms with Crippen molar-refractivity contribution in [3.8, 4) is 0 Å². The summed E-state index contributed by atoms with van der Waals surface area (Å²) in [5.41, 5.74) is 1.08. The van der Waals surface area contributed by atoms with E-state index >= 15 is 0 Å². The molecule has 3 nitrogen and oxygen atoms in total. The molecule has 0 aliphatic carbocycles. The van der Waals surface area contributed by atoms with Crippen LogP contribution in [0.5, 0.6) is 0 Å². The number of fused-ring (bicyclic) bond motifs is 1. The van der Waals surface area contributed by atoms with Crippen LogP contribution in [0.1, 0.15) is 12.8 Å². The van der Waals surface area contributed by atoms with Crippen LogP contribution >= 0.6 is 11.8 Å². The van der Waals surface area contributed by atoms with Crippen molar-refractivity contribution in [3.63, 3.8) is 0 Å². The normalized spacial score (nSPS) is 23.2. The lowest BCUT2D eigenvalue weighted by Gasteiger charge is -2.29. The molecular formula is C14H17NO2S. The molecule has 2 aliphatic heterocycles. The van der Waals surface area contributed by atoms with Gasteiger partial charge in [-0.2, -0.15) is 0 Å². The smallest absolute Gasteiger partial charge is 0.237 e. The first-order valence-corrected chi connectivity index (χ1v) is 7.43. The molecule has 0 radical (unpaired) electrons. The summed E-state index contributed by atoms with van der Waals surface area (Å²) in [4.78, 5) is 15.2. The molecule has 0 bridgehead atoms. The Hall–Kier alpha value is -1.00. The van der Waals surface area contributed by atoms with E-state index in [0.717, 1.165) is 38.3 Å². The van der Waals surface area contributed by atoms with E-state index in [2.05, 4.69) is 6.07 Å². The highest BCUT2D eigenvalue weighted by molar-refractivity contribution is 8.00. The molecular weight excluding hydrogens is 246 g/mol. The molecule has 2 heterocycles. The van der Waals surface area contributed by atoms with Crippen LogP contribution in [0.4, 0.5) is 5.69 Å². The number of hydrogen-bond donors (Lipinski definition) is 0. The molecule has 0 spiro atoms. The Kier molecular flexibility index (Phi) is 3.57. The summed E-state index contributed by atoms with van der Waals surface area (Å²) in [5.74, 6) is 1.43. The summed E-state index contributed by atoms with van der Waals surface area (Å²) >= 11 is 1.64. The average molecular weight is 263 g/mol. The van der Waals surface area contributed by atoms with Crippen molar-refractivity contribution < 1.29 is 9.53 Å². The van der Waals surface area contributed by atoms with Gasteiger partial charge in [0.1, 0.15) is 0 Å². The first-order valence-electron chi connectivity index (χ1n) is 6.44. The molecule has 1 aromatic rings. The molecule has 0 aromatic heterocycles. The molecule has 1 aromatic carbocycles. The van der Waals surface area contributed by atoms with Gasteiger partial charge in [0.2, 0.25) is 5.91 Å². The summed E-state index contributed by atoms with van der Waals surface area (Å²) in [6.45, 7) is 2.56. The predicted octanol–water partition coefficient (Wildman–Crippen LogP) is 2.55. The minimum atomic E-state index is 0.234. The fraction of sp³-hybridized carbons (Fsp3) is 0.500. The minimum Gasteiger partial charge on any atom is -0.381 e. The van der Waals surface area contributed by atoms with Gasteiger partial charge in [0.15, 0.2) is 0 Å². The zero-order valence-electron chi connectivity index (χ0n) is 10.3. The van der Waals surface area contributed by atoms with E-state index in [1.165, 1.54) is 4.90 Å². The lowest BCUT2D eigenvalue weighted by Crippen LogP contribution is -2.36. The number of benzene rings is 1. The SMILES string of the molecule is O=C1CSc2ccccc2N1CC[C@H]1CCOC1. The van der Waals surface area contributed by atoms with Gasteiger partial charge in [-0.15, -0.1) is 11.8 Å². The largest absolute Gasteiger partial charge is 0.381 e. The molecule has 2 aliphatic rings. The van der Waals surface area contributed by atoms with E-state index in [1.807, 2.05) is 23.1 Å². The maximum Gasteiger partial charge on any atom is 0.237 e. The third-order valence-electron chi connectivity index (χ3n) is 3.59. The summed E-state index contributed by atoms with van der Waals surface area (Å²) < 4.78 is 5.39. The maximum absolute atomic E-state index is 12.0. The number of nitrogens with zero attached hydrogens (tertiary/aromatic N) is 1. The Morgan fingerprint density at radius 3 is 3.11 bits per heavy atom. The molecule has 1 atom stereocenters. The Morgan fingerprint density at radius 1 is 1.39 bits per heavy atom. The number of thioether (sulfide) groups is 1. The summed E-state index contributed by atoms with van der Waals surface area (Å²) in [6.07, 6.45) is 2.18. The lowest BCUT2D eigenvalue weighted by atomic mass is 10.0. The van der Waals surface area contributed by atoms with Crippen LogP contribution < -0.4 is 4.90 Å². The van der Waals surface area contributed by atoms with Gasteiger partial charge >= 0.3 is 0 Å². The molecule has 0 N–H and O–H groups in total. The standard InChI is InChI=1S/C14H17NO2S/c16-14-10-18-13-4-2-1-3-12(13)15(14)7-5-11-6-8-17-9-11/h1-4,11H,5-10H2/t11-/m0/s1. The average Bonchev–Trinajstić information content (AvgIpc) is 2.91. The maximum atomic E-state index is 12.0. The molecule has 0 unspecified atom stereocenters. The molecule has 4 heteroatoms. The molecule has 1 saturated heterocycles. The van der Waals surface area contributed by atoms with Crippen LogP contribution in [0.2, 0.25) is 0 Å². The van der Waals surface area contributed by atoms with Crippen molar-refractivity contribution in [2.24, 2.45) is 5.92 Å². The number of carbonyl (C=O) groups is 1. The number of para-hydroxylation sites is 1. The Labute approximate surface area is 111 Å². The highest BCUT2D eigenvalue weighted by Crippen LogP contribution is 2.35. The Balaban J connectivity index is 1.71. The number of anilines is 1. The summed E-state index contributed by atoms with van der Waals surface area (Å²) in [5, 5.41) is 0. The van der Waals surface area contributed by atoms with Crippen molar-refractivity contribution in [3.05, 3.63) is 24.3 Å². The van der Waals surface area contributed by atoms with Crippen molar-refractivity contribution in [1.29, 1.82) is 0 Å². The first kappa shape index (κ1) is 12.1. The molecule has 3 rings (SSSR count). The highest BCUT2D eigenvalue weighted by Gasteiger charge is 2.25. The number of hydrogen-bond acceptors (Lipinski definition) is 3. The van der Waals surface area contributed by atoms with Crippen LogP contribution in [0.15, 0.2) is 29.2 Å². The lowest BCUT2D eigenvalue weighted by molar-refractivity contribution is -0.116. The van der Waals surface area contributed by atoms with Crippen LogP contribution in [-0.2, 0) is 9.53 Å². The van der Waals surface area contributed by atoms with Gasteiger partial charge in [0, 0.05) is 24.7 Å². The van der Waals surface area contributed by atoms with Gasteiger partial charge < -0.3 is 9.64 Å². The van der Waals surface area contributed by atoms with E-state index < -0.39 is 0 Å². The Bertz CT molecular complexity index is 443. The zero-order chi connectivity index (χ0) is 12.4. The molecule has 18 heavy (non-hydrogen) atoms. The zero-order valence-corrected chi connectivity index (χ0v) is 11.1. The van der Waals surface area contributed by atoms with Crippen molar-refractivity contribution in [1.82, 2.24) is 0 Å². The fourth-order valence-electron chi connectivity index (χ4n) is 2.52. The van der Waals surface area contributed by atoms with Gasteiger partial charge in [0.25, 0.3) is 0 Å². The van der Waals surface area contributed by atoms with E-state index in [1.54, 1.807) is 11.8 Å². The van der Waals surface area contributed by atoms with E-state index in [0.29, 0.717) is 11.7 Å². The summed E-state index contributed by atoms with van der Waals surface area (Å²) in [7, 11) is 0. The second-order valence-corrected chi connectivity index (χ2v) is 5.84. The number of ether oxygens (including phenoxy) is 1. The highest BCUT2D eigenvalue weighted by atomic mass is 32.2. The van der Waals surface area contributed by atoms with Gasteiger partial charge in [0.05, 0.1) is 11.4 Å². The van der Waals surface area contributed by atoms with E-state index in [9.17, 15) is 4.79 Å². The van der Waals surface area contributed by atoms with Crippen molar-refractivity contribution >= 4 is 23.4 Å². The molecule has 1 fully saturated rings. The molecule has 96 valence electrons. The second-order valence-electron chi connectivity index (χ2n) is 4.82. The topological polar surface area (TPSA) is 29.5 Å². The third-order valence-corrected chi connectivity index (χ3v) is 4.64. The quantitative estimate of drug-likeness (QED) is 0.839. The predicted molar refractivity (Wildman–Crippen MR) is 73.1 cm³/mol. The Morgan fingerprint density at radius 2 is 2.28 bits per heavy atom. The van der Waals surface area contributed by atoms with E-state index in [4.69, 9.17) is 4.74 Å². The number of amides is 1. The van der Waals surface area contributed by atoms with Crippen molar-refractivity contribution in [2.45, 2.75) is 17.7 Å².